The van der Waals surface area contributed by atoms with Crippen molar-refractivity contribution < 1.29 is 4.79 Å². The predicted molar refractivity (Wildman–Crippen MR) is 70.3 cm³/mol. The summed E-state index contributed by atoms with van der Waals surface area (Å²) in [7, 11) is 0. The first-order valence-corrected chi connectivity index (χ1v) is 5.97. The fourth-order valence-corrected chi connectivity index (χ4v) is 1.54. The average Bonchev–Trinajstić information content (AvgIpc) is 3.15. The van der Waals surface area contributed by atoms with Gasteiger partial charge in [-0.2, -0.15) is 19.9 Å². The van der Waals surface area contributed by atoms with Crippen molar-refractivity contribution >= 4 is 18.6 Å². The smallest absolute Gasteiger partial charge is 0.351 e. The minimum atomic E-state index is -0.107. The van der Waals surface area contributed by atoms with Crippen LogP contribution in [0.25, 0.3) is 5.95 Å². The molecule has 3 heterocycles. The Bertz CT molecular complexity index is 920. The molecular weight excluding hydrogens is 304 g/mol. The normalized spacial score (nSPS) is 10.0. The molecule has 0 radical (unpaired) electrons. The van der Waals surface area contributed by atoms with E-state index < -0.39 is 0 Å². The number of aromatic amines is 1. The first kappa shape index (κ1) is 13.9. The minimum Gasteiger partial charge on any atom is -0.368 e. The lowest BCUT2D eigenvalue weighted by Crippen LogP contribution is -2.12. The number of hydrogen-bond acceptors (Lipinski definition) is 11. The molecule has 0 saturated carbocycles. The van der Waals surface area contributed by atoms with Crippen LogP contribution < -0.4 is 5.73 Å². The fourth-order valence-electron chi connectivity index (χ4n) is 1.54. The molecule has 3 N–H and O–H groups in total. The second kappa shape index (κ2) is 5.71. The number of nitrogens with zero attached hydrogens (tertiary/aromatic N) is 12. The quantitative estimate of drug-likeness (QED) is 0.308. The van der Waals surface area contributed by atoms with E-state index in [-0.39, 0.29) is 35.9 Å². The topological polar surface area (TPSA) is 200 Å². The van der Waals surface area contributed by atoms with Gasteiger partial charge in [-0.05, 0) is 0 Å². The van der Waals surface area contributed by atoms with E-state index in [4.69, 9.17) is 11.0 Å². The summed E-state index contributed by atoms with van der Waals surface area (Å²) < 4.78 is 1.06. The fraction of sp³-hybridized carbons (Fsp3) is 0.111. The van der Waals surface area contributed by atoms with Gasteiger partial charge in [-0.15, -0.1) is 30.6 Å². The van der Waals surface area contributed by atoms with Gasteiger partial charge in [0.2, 0.25) is 5.95 Å². The van der Waals surface area contributed by atoms with E-state index in [1.807, 2.05) is 0 Å². The monoisotopic (exact) mass is 311 g/mol. The number of rotatable bonds is 4. The molecule has 14 nitrogen and oxygen atoms in total. The van der Waals surface area contributed by atoms with Gasteiger partial charge >= 0.3 is 5.95 Å². The number of nitrogens with two attached hydrogens (primary N) is 1. The molecule has 0 atom stereocenters. The van der Waals surface area contributed by atoms with Crippen molar-refractivity contribution in [1.29, 1.82) is 5.26 Å². The molecule has 23 heavy (non-hydrogen) atoms. The molecule has 0 bridgehead atoms. The Hall–Kier alpha value is -4.11. The van der Waals surface area contributed by atoms with Crippen LogP contribution >= 0.6 is 0 Å². The highest BCUT2D eigenvalue weighted by atomic mass is 15.5. The van der Waals surface area contributed by atoms with Crippen LogP contribution in [0.4, 0.5) is 11.9 Å². The number of nitrogens with one attached hydrogen (secondary N) is 1. The summed E-state index contributed by atoms with van der Waals surface area (Å²) in [6, 6.07) is 1.75. The Morgan fingerprint density at radius 1 is 1.30 bits per heavy atom. The Kier molecular flexibility index (Phi) is 3.44. The van der Waals surface area contributed by atoms with Gasteiger partial charge < -0.3 is 5.73 Å². The summed E-state index contributed by atoms with van der Waals surface area (Å²) in [6.45, 7) is 3.20. The van der Waals surface area contributed by atoms with Crippen LogP contribution in [0.15, 0.2) is 5.11 Å². The summed E-state index contributed by atoms with van der Waals surface area (Å²) in [5, 5.41) is 37.9. The Balaban J connectivity index is 1.80. The standard InChI is InChI=1S/C9H6N14/c1-12-18-8-14-4(15-19-8)2-5-16-20-9(21-17-5)23-7(11)13-6(3-10)22-23/h1-2H2,(H2,11,13,22)/p+1. The van der Waals surface area contributed by atoms with E-state index in [1.165, 1.54) is 0 Å². The molecule has 0 aliphatic rings. The van der Waals surface area contributed by atoms with Crippen LogP contribution in [0.3, 0.4) is 0 Å². The van der Waals surface area contributed by atoms with Crippen LogP contribution in [0.1, 0.15) is 17.5 Å². The zero-order valence-corrected chi connectivity index (χ0v) is 11.4. The molecule has 3 aromatic heterocycles. The van der Waals surface area contributed by atoms with Crippen LogP contribution in [0.2, 0.25) is 0 Å². The maximum Gasteiger partial charge on any atom is 0.351 e. The van der Waals surface area contributed by atoms with Crippen LogP contribution in [-0.2, 0) is 6.42 Å². The van der Waals surface area contributed by atoms with Gasteiger partial charge in [0, 0.05) is 0 Å². The van der Waals surface area contributed by atoms with E-state index in [9.17, 15) is 0 Å². The molecule has 14 heteroatoms. The van der Waals surface area contributed by atoms with Gasteiger partial charge in [-0.3, -0.25) is 5.10 Å². The molecule has 0 unspecified atom stereocenters. The molecule has 0 aliphatic heterocycles. The molecule has 0 fully saturated rings. The number of H-pyrrole nitrogens is 1. The molecule has 3 aromatic rings. The van der Waals surface area contributed by atoms with Gasteiger partial charge in [0.15, 0.2) is 10.9 Å². The average molecular weight is 311 g/mol. The molecule has 3 rings (SSSR count). The van der Waals surface area contributed by atoms with E-state index in [2.05, 4.69) is 62.3 Å². The van der Waals surface area contributed by atoms with Crippen molar-refractivity contribution in [2.24, 2.45) is 5.11 Å². The molecular formula is C9H7N14+. The maximum absolute atomic E-state index is 8.72. The van der Waals surface area contributed by atoms with Crippen molar-refractivity contribution in [3.8, 4) is 12.0 Å². The van der Waals surface area contributed by atoms with Crippen molar-refractivity contribution in [3.05, 3.63) is 17.5 Å². The molecule has 0 aliphatic carbocycles. The van der Waals surface area contributed by atoms with Gasteiger partial charge in [0.25, 0.3) is 18.5 Å². The Morgan fingerprint density at radius 2 is 2.09 bits per heavy atom. The summed E-state index contributed by atoms with van der Waals surface area (Å²) in [5.41, 5.74) is 5.60. The predicted octanol–water partition coefficient (Wildman–Crippen LogP) is -2.00. The van der Waals surface area contributed by atoms with Crippen LogP contribution in [0, 0.1) is 11.3 Å². The largest absolute Gasteiger partial charge is 0.368 e. The third kappa shape index (κ3) is 2.84. The lowest BCUT2D eigenvalue weighted by molar-refractivity contribution is -0.0647. The van der Waals surface area contributed by atoms with Crippen LogP contribution in [-0.4, -0.2) is 61.8 Å². The first-order chi connectivity index (χ1) is 11.2. The molecule has 0 aromatic carbocycles. The first-order valence-electron chi connectivity index (χ1n) is 5.97. The summed E-state index contributed by atoms with van der Waals surface area (Å²) in [5.74, 6) is 0.717. The number of anilines is 1. The van der Waals surface area contributed by atoms with Gasteiger partial charge in [0.1, 0.15) is 11.9 Å². The van der Waals surface area contributed by atoms with E-state index in [0.717, 1.165) is 4.68 Å². The third-order valence-electron chi connectivity index (χ3n) is 2.44. The highest BCUT2D eigenvalue weighted by Crippen LogP contribution is 2.06. The lowest BCUT2D eigenvalue weighted by atomic mass is 10.4. The third-order valence-corrected chi connectivity index (χ3v) is 2.44. The second-order valence-corrected chi connectivity index (χ2v) is 3.93. The molecule has 0 saturated heterocycles. The summed E-state index contributed by atoms with van der Waals surface area (Å²) in [6.07, 6.45) is 0.205. The molecule has 0 amide bonds. The zero-order valence-electron chi connectivity index (χ0n) is 11.4. The number of nitrogen functional groups attached to an aromatic ring is 1. The highest BCUT2D eigenvalue weighted by Gasteiger charge is 2.13. The second-order valence-electron chi connectivity index (χ2n) is 3.93. The maximum atomic E-state index is 8.72. The van der Waals surface area contributed by atoms with Crippen molar-refractivity contribution in [2.45, 2.75) is 6.42 Å². The van der Waals surface area contributed by atoms with Crippen molar-refractivity contribution in [2.75, 3.05) is 5.73 Å². The van der Waals surface area contributed by atoms with E-state index in [0.29, 0.717) is 5.82 Å². The van der Waals surface area contributed by atoms with Gasteiger partial charge in [-0.1, -0.05) is 0 Å². The number of aromatic nitrogens is 10. The number of nitriles is 1. The summed E-state index contributed by atoms with van der Waals surface area (Å²) in [4.78, 5) is 11.0. The van der Waals surface area contributed by atoms with Crippen LogP contribution in [0.5, 0.6) is 0 Å². The summed E-state index contributed by atoms with van der Waals surface area (Å²) >= 11 is 0. The highest BCUT2D eigenvalue weighted by molar-refractivity contribution is 5.28. The van der Waals surface area contributed by atoms with Gasteiger partial charge in [-0.25, -0.2) is 0 Å². The van der Waals surface area contributed by atoms with Crippen molar-refractivity contribution in [3.63, 3.8) is 0 Å². The Labute approximate surface area is 126 Å². The Morgan fingerprint density at radius 3 is 2.74 bits per heavy atom. The molecule has 0 spiro atoms. The van der Waals surface area contributed by atoms with E-state index in [1.54, 1.807) is 6.07 Å². The lowest BCUT2D eigenvalue weighted by Gasteiger charge is -1.99. The van der Waals surface area contributed by atoms with Gasteiger partial charge in [0.05, 0.1) is 11.2 Å². The minimum absolute atomic E-state index is 0.00985. The molecule has 112 valence electrons. The van der Waals surface area contributed by atoms with Crippen molar-refractivity contribution in [1.82, 2.24) is 50.3 Å². The number of hydrogen-bond donors (Lipinski definition) is 2. The SMILES string of the molecule is C=[N+]=Nc1n[nH]c(Cc2nnc(-n3nc(C#N)nc3N)nn2)n1. The van der Waals surface area contributed by atoms with E-state index >= 15 is 0 Å². The zero-order chi connectivity index (χ0) is 16.2.